The normalized spacial score (nSPS) is 12.9. The van der Waals surface area contributed by atoms with Gasteiger partial charge in [0.05, 0.1) is 35.4 Å². The van der Waals surface area contributed by atoms with Crippen molar-refractivity contribution in [1.29, 1.82) is 0 Å². The molecule has 0 saturated heterocycles. The average Bonchev–Trinajstić information content (AvgIpc) is 3.10. The zero-order chi connectivity index (χ0) is 23.5. The van der Waals surface area contributed by atoms with Crippen LogP contribution in [-0.4, -0.2) is 34.1 Å². The Kier molecular flexibility index (Phi) is 6.03. The number of nitrogens with one attached hydrogen (secondary N) is 2. The van der Waals surface area contributed by atoms with Crippen LogP contribution in [0.4, 0.5) is 15.8 Å². The van der Waals surface area contributed by atoms with E-state index >= 15 is 0 Å². The molecule has 8 nitrogen and oxygen atoms in total. The zero-order valence-corrected chi connectivity index (χ0v) is 18.3. The summed E-state index contributed by atoms with van der Waals surface area (Å²) in [6.45, 7) is 5.23. The van der Waals surface area contributed by atoms with Gasteiger partial charge < -0.3 is 15.4 Å². The van der Waals surface area contributed by atoms with Crippen LogP contribution in [0.2, 0.25) is 0 Å². The SMILES string of the molecule is CCOC(=O)C1=C(C)Nc2ccccc2N=C1NC(=O)c1cnn(-c2ccccc2F)c1C. The summed E-state index contributed by atoms with van der Waals surface area (Å²) in [5, 5.41) is 10.0. The number of hydrogen-bond donors (Lipinski definition) is 2. The number of halogens is 1. The van der Waals surface area contributed by atoms with E-state index in [1.807, 2.05) is 12.1 Å². The van der Waals surface area contributed by atoms with Crippen LogP contribution < -0.4 is 10.6 Å². The first-order valence-electron chi connectivity index (χ1n) is 10.3. The van der Waals surface area contributed by atoms with Crippen molar-refractivity contribution in [3.8, 4) is 5.69 Å². The molecule has 1 aliphatic rings. The van der Waals surface area contributed by atoms with Gasteiger partial charge in [0, 0.05) is 5.70 Å². The Labute approximate surface area is 189 Å². The van der Waals surface area contributed by atoms with Crippen LogP contribution in [0.3, 0.4) is 0 Å². The minimum atomic E-state index is -0.617. The second-order valence-electron chi connectivity index (χ2n) is 7.28. The predicted octanol–water partition coefficient (Wildman–Crippen LogP) is 4.04. The Hall–Kier alpha value is -4.27. The largest absolute Gasteiger partial charge is 0.462 e. The number of allylic oxidation sites excluding steroid dienone is 1. The first-order valence-corrected chi connectivity index (χ1v) is 10.3. The molecule has 4 rings (SSSR count). The number of amides is 1. The van der Waals surface area contributed by atoms with E-state index in [-0.39, 0.29) is 29.3 Å². The fraction of sp³-hybridized carbons (Fsp3) is 0.167. The number of fused-ring (bicyclic) bond motifs is 1. The van der Waals surface area contributed by atoms with Gasteiger partial charge in [-0.2, -0.15) is 5.10 Å². The number of benzene rings is 2. The first-order chi connectivity index (χ1) is 15.9. The molecule has 1 aromatic heterocycles. The van der Waals surface area contributed by atoms with Gasteiger partial charge in [0.1, 0.15) is 22.9 Å². The number of carbonyl (C=O) groups is 2. The summed E-state index contributed by atoms with van der Waals surface area (Å²) in [6, 6.07) is 13.4. The zero-order valence-electron chi connectivity index (χ0n) is 18.3. The Morgan fingerprint density at radius 1 is 1.12 bits per heavy atom. The topological polar surface area (TPSA) is 97.6 Å². The Balaban J connectivity index is 1.72. The van der Waals surface area contributed by atoms with E-state index in [1.165, 1.54) is 16.9 Å². The van der Waals surface area contributed by atoms with Crippen LogP contribution >= 0.6 is 0 Å². The molecule has 0 radical (unpaired) electrons. The summed E-state index contributed by atoms with van der Waals surface area (Å²) in [6.07, 6.45) is 1.35. The van der Waals surface area contributed by atoms with E-state index in [2.05, 4.69) is 20.7 Å². The number of carbonyl (C=O) groups excluding carboxylic acids is 2. The van der Waals surface area contributed by atoms with Crippen molar-refractivity contribution in [1.82, 2.24) is 15.1 Å². The van der Waals surface area contributed by atoms with Crippen molar-refractivity contribution < 1.29 is 18.7 Å². The quantitative estimate of drug-likeness (QED) is 0.589. The Bertz CT molecular complexity index is 1310. The maximum atomic E-state index is 14.2. The summed E-state index contributed by atoms with van der Waals surface area (Å²) >= 11 is 0. The summed E-state index contributed by atoms with van der Waals surface area (Å²) in [5.41, 5.74) is 2.70. The lowest BCUT2D eigenvalue weighted by molar-refractivity contribution is -0.137. The van der Waals surface area contributed by atoms with E-state index in [0.717, 1.165) is 0 Å². The lowest BCUT2D eigenvalue weighted by atomic mass is 10.1. The van der Waals surface area contributed by atoms with Crippen molar-refractivity contribution in [2.75, 3.05) is 11.9 Å². The molecule has 3 aromatic rings. The van der Waals surface area contributed by atoms with E-state index in [1.54, 1.807) is 51.1 Å². The highest BCUT2D eigenvalue weighted by Crippen LogP contribution is 2.30. The third kappa shape index (κ3) is 4.25. The molecule has 168 valence electrons. The Morgan fingerprint density at radius 3 is 2.61 bits per heavy atom. The number of hydrogen-bond acceptors (Lipinski definition) is 6. The van der Waals surface area contributed by atoms with Crippen molar-refractivity contribution in [2.45, 2.75) is 20.8 Å². The van der Waals surface area contributed by atoms with Crippen molar-refractivity contribution in [3.63, 3.8) is 0 Å². The smallest absolute Gasteiger partial charge is 0.343 e. The Morgan fingerprint density at radius 2 is 1.85 bits per heavy atom. The maximum absolute atomic E-state index is 14.2. The van der Waals surface area contributed by atoms with Crippen LogP contribution in [0.5, 0.6) is 0 Å². The molecule has 0 fully saturated rings. The molecule has 0 aliphatic carbocycles. The van der Waals surface area contributed by atoms with Crippen LogP contribution in [0.15, 0.2) is 71.0 Å². The highest BCUT2D eigenvalue weighted by atomic mass is 19.1. The van der Waals surface area contributed by atoms with E-state index in [9.17, 15) is 14.0 Å². The molecule has 9 heteroatoms. The van der Waals surface area contributed by atoms with Crippen molar-refractivity contribution >= 4 is 29.1 Å². The number of anilines is 1. The van der Waals surface area contributed by atoms with Crippen LogP contribution in [-0.2, 0) is 9.53 Å². The second kappa shape index (κ2) is 9.07. The molecular formula is C24H22FN5O3. The fourth-order valence-corrected chi connectivity index (χ4v) is 3.51. The number of aromatic nitrogens is 2. The molecular weight excluding hydrogens is 425 g/mol. The van der Waals surface area contributed by atoms with Gasteiger partial charge in [0.15, 0.2) is 0 Å². The summed E-state index contributed by atoms with van der Waals surface area (Å²) in [5.74, 6) is -1.57. The fourth-order valence-electron chi connectivity index (χ4n) is 3.51. The van der Waals surface area contributed by atoms with Gasteiger partial charge in [-0.25, -0.2) is 18.9 Å². The number of ether oxygens (including phenoxy) is 1. The van der Waals surface area contributed by atoms with E-state index in [4.69, 9.17) is 4.74 Å². The molecule has 0 bridgehead atoms. The number of para-hydroxylation sites is 3. The van der Waals surface area contributed by atoms with Gasteiger partial charge in [-0.1, -0.05) is 24.3 Å². The number of rotatable bonds is 4. The molecule has 2 heterocycles. The molecule has 2 N–H and O–H groups in total. The van der Waals surface area contributed by atoms with E-state index in [0.29, 0.717) is 22.8 Å². The average molecular weight is 447 g/mol. The lowest BCUT2D eigenvalue weighted by Crippen LogP contribution is -2.35. The lowest BCUT2D eigenvalue weighted by Gasteiger charge is -2.13. The molecule has 0 saturated carbocycles. The van der Waals surface area contributed by atoms with Gasteiger partial charge in [-0.3, -0.25) is 4.79 Å². The van der Waals surface area contributed by atoms with E-state index < -0.39 is 17.7 Å². The third-order valence-electron chi connectivity index (χ3n) is 5.12. The number of amidine groups is 1. The summed E-state index contributed by atoms with van der Waals surface area (Å²) in [7, 11) is 0. The molecule has 33 heavy (non-hydrogen) atoms. The molecule has 1 amide bonds. The minimum Gasteiger partial charge on any atom is -0.462 e. The van der Waals surface area contributed by atoms with Gasteiger partial charge in [-0.05, 0) is 45.0 Å². The molecule has 2 aromatic carbocycles. The summed E-state index contributed by atoms with van der Waals surface area (Å²) < 4.78 is 20.8. The second-order valence-corrected chi connectivity index (χ2v) is 7.28. The van der Waals surface area contributed by atoms with Gasteiger partial charge in [0.25, 0.3) is 5.91 Å². The number of esters is 1. The predicted molar refractivity (Wildman–Crippen MR) is 122 cm³/mol. The number of nitrogens with zero attached hydrogens (tertiary/aromatic N) is 3. The molecule has 1 aliphatic heterocycles. The first kappa shape index (κ1) is 21.9. The van der Waals surface area contributed by atoms with Crippen LogP contribution in [0, 0.1) is 12.7 Å². The van der Waals surface area contributed by atoms with Crippen molar-refractivity contribution in [2.24, 2.45) is 4.99 Å². The third-order valence-corrected chi connectivity index (χ3v) is 5.12. The van der Waals surface area contributed by atoms with Crippen LogP contribution in [0.1, 0.15) is 29.9 Å². The monoisotopic (exact) mass is 447 g/mol. The van der Waals surface area contributed by atoms with Gasteiger partial charge >= 0.3 is 5.97 Å². The standard InChI is InChI=1S/C24H22FN5O3/c1-4-33-24(32)21-14(2)27-18-10-6-7-11-19(18)28-22(21)29-23(31)16-13-26-30(15(16)3)20-12-8-5-9-17(20)25/h5-13,27H,4H2,1-3H3,(H,28,29,31). The molecule has 0 atom stereocenters. The molecule has 0 spiro atoms. The number of aliphatic imine (C=N–C) groups is 1. The highest BCUT2D eigenvalue weighted by Gasteiger charge is 2.27. The minimum absolute atomic E-state index is 0.0476. The highest BCUT2D eigenvalue weighted by molar-refractivity contribution is 6.25. The van der Waals surface area contributed by atoms with Gasteiger partial charge in [-0.15, -0.1) is 0 Å². The van der Waals surface area contributed by atoms with Crippen molar-refractivity contribution in [3.05, 3.63) is 83.1 Å². The van der Waals surface area contributed by atoms with Crippen LogP contribution in [0.25, 0.3) is 5.69 Å². The maximum Gasteiger partial charge on any atom is 0.343 e. The summed E-state index contributed by atoms with van der Waals surface area (Å²) in [4.78, 5) is 30.4. The molecule has 0 unspecified atom stereocenters. The van der Waals surface area contributed by atoms with Gasteiger partial charge in [0.2, 0.25) is 0 Å².